The van der Waals surface area contributed by atoms with Crippen LogP contribution in [-0.4, -0.2) is 18.5 Å². The maximum absolute atomic E-state index is 11.9. The molecule has 0 aliphatic carbocycles. The number of ether oxygens (including phenoxy) is 2. The molecule has 0 aliphatic heterocycles. The highest BCUT2D eigenvalue weighted by Gasteiger charge is 2.05. The summed E-state index contributed by atoms with van der Waals surface area (Å²) in [5.41, 5.74) is 1.09. The molecule has 4 heteroatoms. The number of unbranched alkanes of at least 4 members (excludes halogenated alkanes) is 15. The molecular formula is C30H50O4. The first kappa shape index (κ1) is 30.2. The summed E-state index contributed by atoms with van der Waals surface area (Å²) >= 11 is 0. The molecule has 1 rings (SSSR count). The van der Waals surface area contributed by atoms with E-state index in [1.54, 1.807) is 0 Å². The number of hydrogen-bond donors (Lipinski definition) is 0. The van der Waals surface area contributed by atoms with E-state index in [1.165, 1.54) is 64.2 Å². The Morgan fingerprint density at radius 2 is 1.15 bits per heavy atom. The molecule has 0 spiro atoms. The van der Waals surface area contributed by atoms with Crippen LogP contribution in [0.4, 0.5) is 0 Å². The first-order chi connectivity index (χ1) is 16.6. The van der Waals surface area contributed by atoms with Crippen molar-refractivity contribution in [2.75, 3.05) is 6.61 Å². The summed E-state index contributed by atoms with van der Waals surface area (Å²) in [6.45, 7) is 4.82. The molecule has 0 N–H and O–H groups in total. The Balaban J connectivity index is 1.81. The van der Waals surface area contributed by atoms with Gasteiger partial charge in [0.05, 0.1) is 6.61 Å². The van der Waals surface area contributed by atoms with Gasteiger partial charge in [-0.25, -0.2) is 0 Å². The molecule has 4 nitrogen and oxygen atoms in total. The van der Waals surface area contributed by atoms with Crippen LogP contribution in [0.25, 0.3) is 0 Å². The zero-order chi connectivity index (χ0) is 24.7. The third-order valence-electron chi connectivity index (χ3n) is 6.24. The summed E-state index contributed by atoms with van der Waals surface area (Å²) in [4.78, 5) is 23.7. The van der Waals surface area contributed by atoms with Gasteiger partial charge in [-0.2, -0.15) is 0 Å². The number of carbonyl (C=O) groups is 2. The van der Waals surface area contributed by atoms with Crippen molar-refractivity contribution in [1.29, 1.82) is 0 Å². The fourth-order valence-electron chi connectivity index (χ4n) is 4.13. The van der Waals surface area contributed by atoms with E-state index in [4.69, 9.17) is 9.47 Å². The van der Waals surface area contributed by atoms with E-state index in [9.17, 15) is 9.59 Å². The largest absolute Gasteiger partial charge is 0.466 e. The molecule has 0 saturated carbocycles. The van der Waals surface area contributed by atoms with Gasteiger partial charge >= 0.3 is 11.9 Å². The SMILES string of the molecule is CCCCCCCCCCCCCOC(=O)CCCCCCCCC(=O)Oc1cccc(C)c1. The second-order valence-electron chi connectivity index (χ2n) is 9.67. The Labute approximate surface area is 209 Å². The summed E-state index contributed by atoms with van der Waals surface area (Å²) < 4.78 is 10.7. The molecule has 194 valence electrons. The van der Waals surface area contributed by atoms with Gasteiger partial charge < -0.3 is 9.47 Å². The number of carbonyl (C=O) groups excluding carboxylic acids is 2. The summed E-state index contributed by atoms with van der Waals surface area (Å²) in [5, 5.41) is 0. The van der Waals surface area contributed by atoms with Crippen molar-refractivity contribution in [3.63, 3.8) is 0 Å². The molecule has 0 saturated heterocycles. The van der Waals surface area contributed by atoms with Crippen molar-refractivity contribution in [2.45, 2.75) is 136 Å². The lowest BCUT2D eigenvalue weighted by Gasteiger charge is -2.06. The fraction of sp³-hybridized carbons (Fsp3) is 0.733. The van der Waals surface area contributed by atoms with Crippen LogP contribution in [0.3, 0.4) is 0 Å². The average molecular weight is 475 g/mol. The summed E-state index contributed by atoms with van der Waals surface area (Å²) in [6, 6.07) is 7.57. The Bertz CT molecular complexity index is 640. The fourth-order valence-corrected chi connectivity index (χ4v) is 4.13. The van der Waals surface area contributed by atoms with Gasteiger partial charge in [-0.3, -0.25) is 9.59 Å². The highest BCUT2D eigenvalue weighted by molar-refractivity contribution is 5.72. The summed E-state index contributed by atoms with van der Waals surface area (Å²) in [6.07, 6.45) is 21.3. The topological polar surface area (TPSA) is 52.6 Å². The smallest absolute Gasteiger partial charge is 0.311 e. The van der Waals surface area contributed by atoms with E-state index in [1.807, 2.05) is 31.2 Å². The summed E-state index contributed by atoms with van der Waals surface area (Å²) in [5.74, 6) is 0.414. The molecule has 0 aromatic heterocycles. The van der Waals surface area contributed by atoms with Crippen LogP contribution in [-0.2, 0) is 14.3 Å². The van der Waals surface area contributed by atoms with Crippen LogP contribution in [0.2, 0.25) is 0 Å². The van der Waals surface area contributed by atoms with Crippen LogP contribution >= 0.6 is 0 Å². The molecule has 0 atom stereocenters. The second-order valence-corrected chi connectivity index (χ2v) is 9.67. The van der Waals surface area contributed by atoms with Crippen molar-refractivity contribution < 1.29 is 19.1 Å². The van der Waals surface area contributed by atoms with E-state index >= 15 is 0 Å². The molecule has 0 heterocycles. The van der Waals surface area contributed by atoms with Gasteiger partial charge in [0.25, 0.3) is 0 Å². The highest BCUT2D eigenvalue weighted by Crippen LogP contribution is 2.15. The maximum atomic E-state index is 11.9. The van der Waals surface area contributed by atoms with Gasteiger partial charge in [0, 0.05) is 12.8 Å². The third kappa shape index (κ3) is 18.6. The Morgan fingerprint density at radius 3 is 1.71 bits per heavy atom. The predicted octanol–water partition coefficient (Wildman–Crippen LogP) is 8.88. The number of rotatable bonds is 22. The number of benzene rings is 1. The molecule has 34 heavy (non-hydrogen) atoms. The standard InChI is InChI=1S/C30H50O4/c1-3-4-5-6-7-8-9-10-13-16-19-25-33-29(31)23-17-14-11-12-15-18-24-30(32)34-28-22-20-21-27(2)26-28/h20-22,26H,3-19,23-25H2,1-2H3. The normalized spacial score (nSPS) is 10.9. The highest BCUT2D eigenvalue weighted by atomic mass is 16.5. The minimum Gasteiger partial charge on any atom is -0.466 e. The first-order valence-electron chi connectivity index (χ1n) is 14.0. The van der Waals surface area contributed by atoms with Crippen molar-refractivity contribution in [3.8, 4) is 5.75 Å². The molecule has 0 fully saturated rings. The van der Waals surface area contributed by atoms with E-state index in [2.05, 4.69) is 6.92 Å². The van der Waals surface area contributed by atoms with Crippen LogP contribution in [0.15, 0.2) is 24.3 Å². The lowest BCUT2D eigenvalue weighted by atomic mass is 10.1. The van der Waals surface area contributed by atoms with E-state index in [0.717, 1.165) is 50.5 Å². The predicted molar refractivity (Wildman–Crippen MR) is 141 cm³/mol. The van der Waals surface area contributed by atoms with E-state index in [0.29, 0.717) is 25.2 Å². The van der Waals surface area contributed by atoms with E-state index in [-0.39, 0.29) is 11.9 Å². The molecule has 0 aliphatic rings. The van der Waals surface area contributed by atoms with Crippen LogP contribution in [0, 0.1) is 6.92 Å². The number of aryl methyl sites for hydroxylation is 1. The number of esters is 2. The van der Waals surface area contributed by atoms with E-state index < -0.39 is 0 Å². The lowest BCUT2D eigenvalue weighted by molar-refractivity contribution is -0.144. The second kappa shape index (κ2) is 21.7. The molecule has 0 amide bonds. The van der Waals surface area contributed by atoms with Crippen LogP contribution in [0.1, 0.15) is 134 Å². The van der Waals surface area contributed by atoms with Crippen molar-refractivity contribution in [2.24, 2.45) is 0 Å². The minimum absolute atomic E-state index is 0.0500. The van der Waals surface area contributed by atoms with Gasteiger partial charge in [0.15, 0.2) is 0 Å². The summed E-state index contributed by atoms with van der Waals surface area (Å²) in [7, 11) is 0. The third-order valence-corrected chi connectivity index (χ3v) is 6.24. The quantitative estimate of drug-likeness (QED) is 0.0956. The molecular weight excluding hydrogens is 424 g/mol. The van der Waals surface area contributed by atoms with Crippen LogP contribution < -0.4 is 4.74 Å². The molecule has 0 unspecified atom stereocenters. The maximum Gasteiger partial charge on any atom is 0.311 e. The van der Waals surface area contributed by atoms with Gasteiger partial charge in [-0.15, -0.1) is 0 Å². The molecule has 0 bridgehead atoms. The van der Waals surface area contributed by atoms with Gasteiger partial charge in [0.1, 0.15) is 5.75 Å². The van der Waals surface area contributed by atoms with Crippen molar-refractivity contribution >= 4 is 11.9 Å². The molecule has 0 radical (unpaired) electrons. The van der Waals surface area contributed by atoms with Crippen LogP contribution in [0.5, 0.6) is 5.75 Å². The lowest BCUT2D eigenvalue weighted by Crippen LogP contribution is -2.07. The zero-order valence-electron chi connectivity index (χ0n) is 22.1. The van der Waals surface area contributed by atoms with Crippen molar-refractivity contribution in [1.82, 2.24) is 0 Å². The monoisotopic (exact) mass is 474 g/mol. The minimum atomic E-state index is -0.161. The number of hydrogen-bond acceptors (Lipinski definition) is 4. The van der Waals surface area contributed by atoms with Crippen molar-refractivity contribution in [3.05, 3.63) is 29.8 Å². The molecule has 1 aromatic carbocycles. The first-order valence-corrected chi connectivity index (χ1v) is 14.0. The van der Waals surface area contributed by atoms with Gasteiger partial charge in [-0.05, 0) is 43.9 Å². The Hall–Kier alpha value is -1.84. The molecule has 1 aromatic rings. The van der Waals surface area contributed by atoms with Gasteiger partial charge in [0.2, 0.25) is 0 Å². The Kier molecular flexibility index (Phi) is 19.2. The van der Waals surface area contributed by atoms with Gasteiger partial charge in [-0.1, -0.05) is 109 Å². The average Bonchev–Trinajstić information content (AvgIpc) is 2.81. The Morgan fingerprint density at radius 1 is 0.647 bits per heavy atom. The zero-order valence-corrected chi connectivity index (χ0v) is 22.1.